The molecule has 1 aliphatic carbocycles. The van der Waals surface area contributed by atoms with E-state index in [1.54, 1.807) is 9.13 Å². The highest BCUT2D eigenvalue weighted by Crippen LogP contribution is 2.31. The quantitative estimate of drug-likeness (QED) is 0.869. The van der Waals surface area contributed by atoms with E-state index in [0.717, 1.165) is 44.5 Å². The minimum absolute atomic E-state index is 0.0385. The van der Waals surface area contributed by atoms with Gasteiger partial charge in [-0.3, -0.25) is 13.9 Å². The summed E-state index contributed by atoms with van der Waals surface area (Å²) in [6.07, 6.45) is 8.76. The van der Waals surface area contributed by atoms with Crippen molar-refractivity contribution >= 4 is 5.97 Å². The fourth-order valence-corrected chi connectivity index (χ4v) is 4.53. The number of imidazole rings is 1. The van der Waals surface area contributed by atoms with E-state index in [4.69, 9.17) is 5.11 Å². The third kappa shape index (κ3) is 3.72. The molecule has 0 amide bonds. The Bertz CT molecular complexity index is 838. The minimum Gasteiger partial charge on any atom is -0.481 e. The second kappa shape index (κ2) is 7.72. The average Bonchev–Trinajstić information content (AvgIpc) is 3.10. The Morgan fingerprint density at radius 2 is 1.63 bits per heavy atom. The van der Waals surface area contributed by atoms with E-state index in [1.165, 1.54) is 5.56 Å². The molecule has 6 nitrogen and oxygen atoms in total. The van der Waals surface area contributed by atoms with Crippen LogP contribution in [0, 0.1) is 5.92 Å². The molecule has 1 aliphatic heterocycles. The van der Waals surface area contributed by atoms with Crippen molar-refractivity contribution in [3.05, 3.63) is 52.7 Å². The van der Waals surface area contributed by atoms with E-state index in [1.807, 2.05) is 24.5 Å². The molecule has 2 N–H and O–H groups in total. The molecule has 0 atom stereocenters. The fourth-order valence-electron chi connectivity index (χ4n) is 4.53. The Morgan fingerprint density at radius 1 is 0.963 bits per heavy atom. The molecule has 27 heavy (non-hydrogen) atoms. The average molecular weight is 369 g/mol. The number of piperidine rings is 1. The van der Waals surface area contributed by atoms with Gasteiger partial charge in [0.2, 0.25) is 0 Å². The number of carboxylic acid groups (broad SMARTS) is 1. The van der Waals surface area contributed by atoms with Crippen molar-refractivity contribution in [1.29, 1.82) is 0 Å². The molecule has 4 rings (SSSR count). The van der Waals surface area contributed by atoms with Crippen LogP contribution in [0.25, 0.3) is 5.69 Å². The van der Waals surface area contributed by atoms with E-state index in [0.29, 0.717) is 18.8 Å². The van der Waals surface area contributed by atoms with Crippen LogP contribution in [0.2, 0.25) is 0 Å². The number of carbonyl (C=O) groups is 1. The Hall–Kier alpha value is -2.34. The fraction of sp³-hybridized carbons (Fsp3) is 0.524. The second-order valence-electron chi connectivity index (χ2n) is 7.82. The second-order valence-corrected chi connectivity index (χ2v) is 7.82. The first kappa shape index (κ1) is 18.0. The van der Waals surface area contributed by atoms with Crippen molar-refractivity contribution in [3.8, 4) is 5.69 Å². The van der Waals surface area contributed by atoms with Crippen molar-refractivity contribution in [3.63, 3.8) is 0 Å². The first-order valence-corrected chi connectivity index (χ1v) is 9.97. The molecule has 1 saturated heterocycles. The molecule has 0 bridgehead atoms. The number of benzene rings is 1. The van der Waals surface area contributed by atoms with E-state index >= 15 is 0 Å². The molecule has 0 radical (unpaired) electrons. The maximum absolute atomic E-state index is 12.9. The van der Waals surface area contributed by atoms with Gasteiger partial charge in [0.15, 0.2) is 0 Å². The van der Waals surface area contributed by atoms with Crippen LogP contribution in [0.15, 0.2) is 41.5 Å². The summed E-state index contributed by atoms with van der Waals surface area (Å²) in [5.74, 6) is -0.375. The largest absolute Gasteiger partial charge is 0.481 e. The van der Waals surface area contributed by atoms with E-state index in [2.05, 4.69) is 17.4 Å². The zero-order valence-electron chi connectivity index (χ0n) is 15.5. The predicted molar refractivity (Wildman–Crippen MR) is 104 cm³/mol. The van der Waals surface area contributed by atoms with Crippen molar-refractivity contribution in [1.82, 2.24) is 14.5 Å². The summed E-state index contributed by atoms with van der Waals surface area (Å²) >= 11 is 0. The van der Waals surface area contributed by atoms with Crippen molar-refractivity contribution < 1.29 is 9.90 Å². The molecule has 2 fully saturated rings. The Balaban J connectivity index is 1.49. The van der Waals surface area contributed by atoms with Gasteiger partial charge in [-0.1, -0.05) is 12.1 Å². The molecule has 1 saturated carbocycles. The van der Waals surface area contributed by atoms with Crippen LogP contribution in [0.5, 0.6) is 0 Å². The Labute approximate surface area is 158 Å². The smallest absolute Gasteiger partial charge is 0.332 e. The first-order chi connectivity index (χ1) is 13.1. The molecule has 6 heteroatoms. The van der Waals surface area contributed by atoms with E-state index in [9.17, 15) is 9.59 Å². The molecule has 0 spiro atoms. The summed E-state index contributed by atoms with van der Waals surface area (Å²) in [6, 6.07) is 8.46. The van der Waals surface area contributed by atoms with Gasteiger partial charge in [-0.25, -0.2) is 4.79 Å². The van der Waals surface area contributed by atoms with Gasteiger partial charge in [-0.2, -0.15) is 0 Å². The van der Waals surface area contributed by atoms with Gasteiger partial charge >= 0.3 is 11.7 Å². The van der Waals surface area contributed by atoms with Gasteiger partial charge in [0.1, 0.15) is 0 Å². The molecule has 144 valence electrons. The number of nitrogens with one attached hydrogen (secondary N) is 1. The third-order valence-corrected chi connectivity index (χ3v) is 6.22. The number of nitrogens with zero attached hydrogens (tertiary/aromatic N) is 2. The Kier molecular flexibility index (Phi) is 5.16. The van der Waals surface area contributed by atoms with Gasteiger partial charge in [-0.05, 0) is 75.2 Å². The molecule has 2 heterocycles. The molecular formula is C21H27N3O3. The molecule has 1 aromatic heterocycles. The lowest BCUT2D eigenvalue weighted by Gasteiger charge is -2.26. The lowest BCUT2D eigenvalue weighted by Crippen LogP contribution is -2.30. The summed E-state index contributed by atoms with van der Waals surface area (Å²) in [5.41, 5.74) is 2.19. The molecule has 0 unspecified atom stereocenters. The highest BCUT2D eigenvalue weighted by molar-refractivity contribution is 5.70. The third-order valence-electron chi connectivity index (χ3n) is 6.22. The summed E-state index contributed by atoms with van der Waals surface area (Å²) < 4.78 is 3.47. The number of carboxylic acids is 1. The number of hydrogen-bond donors (Lipinski definition) is 2. The number of hydrogen-bond acceptors (Lipinski definition) is 3. The van der Waals surface area contributed by atoms with Crippen molar-refractivity contribution in [2.24, 2.45) is 5.92 Å². The lowest BCUT2D eigenvalue weighted by molar-refractivity contribution is -0.143. The van der Waals surface area contributed by atoms with Crippen molar-refractivity contribution in [2.45, 2.75) is 50.5 Å². The van der Waals surface area contributed by atoms with Crippen LogP contribution in [-0.2, 0) is 4.79 Å². The van der Waals surface area contributed by atoms with Gasteiger partial charge in [0, 0.05) is 18.4 Å². The van der Waals surface area contributed by atoms with Gasteiger partial charge < -0.3 is 10.4 Å². The van der Waals surface area contributed by atoms with E-state index in [-0.39, 0.29) is 17.6 Å². The number of aliphatic carboxylic acids is 1. The summed E-state index contributed by atoms with van der Waals surface area (Å²) in [6.45, 7) is 2.14. The Morgan fingerprint density at radius 3 is 2.26 bits per heavy atom. The lowest BCUT2D eigenvalue weighted by atomic mass is 9.86. The van der Waals surface area contributed by atoms with Crippen molar-refractivity contribution in [2.75, 3.05) is 13.1 Å². The zero-order chi connectivity index (χ0) is 18.8. The zero-order valence-corrected chi connectivity index (χ0v) is 15.5. The van der Waals surface area contributed by atoms with Crippen LogP contribution in [0.4, 0.5) is 0 Å². The van der Waals surface area contributed by atoms with Crippen LogP contribution in [0.1, 0.15) is 56.0 Å². The highest BCUT2D eigenvalue weighted by Gasteiger charge is 2.27. The molecule has 2 aromatic rings. The maximum atomic E-state index is 12.9. The maximum Gasteiger partial charge on any atom is 0.332 e. The van der Waals surface area contributed by atoms with Crippen LogP contribution in [0.3, 0.4) is 0 Å². The first-order valence-electron chi connectivity index (χ1n) is 9.97. The van der Waals surface area contributed by atoms with Crippen LogP contribution in [-0.4, -0.2) is 33.3 Å². The van der Waals surface area contributed by atoms with Gasteiger partial charge in [-0.15, -0.1) is 0 Å². The molecule has 1 aromatic carbocycles. The van der Waals surface area contributed by atoms with Gasteiger partial charge in [0.25, 0.3) is 0 Å². The summed E-state index contributed by atoms with van der Waals surface area (Å²) in [7, 11) is 0. The summed E-state index contributed by atoms with van der Waals surface area (Å²) in [4.78, 5) is 24.0. The summed E-state index contributed by atoms with van der Waals surface area (Å²) in [5, 5.41) is 12.5. The monoisotopic (exact) mass is 369 g/mol. The topological polar surface area (TPSA) is 76.3 Å². The molecular weight excluding hydrogens is 342 g/mol. The number of aromatic nitrogens is 2. The normalized spacial score (nSPS) is 24.0. The SMILES string of the molecule is O=c1n(-c2ccc(C3CCNCC3)cc2)ccn1[C@H]1CC[C@H](C(=O)O)CC1. The predicted octanol–water partition coefficient (Wildman–Crippen LogP) is 2.92. The van der Waals surface area contributed by atoms with Gasteiger partial charge in [0.05, 0.1) is 11.6 Å². The van der Waals surface area contributed by atoms with E-state index < -0.39 is 5.97 Å². The van der Waals surface area contributed by atoms with Crippen LogP contribution >= 0.6 is 0 Å². The molecule has 2 aliphatic rings. The highest BCUT2D eigenvalue weighted by atomic mass is 16.4. The number of rotatable bonds is 4. The standard InChI is InChI=1S/C21H27N3O3/c25-20(26)17-3-7-19(8-4-17)24-14-13-23(21(24)27)18-5-1-15(2-6-18)16-9-11-22-12-10-16/h1-2,5-6,13-14,16-17,19,22H,3-4,7-12H2,(H,25,26)/t17-,19-. The van der Waals surface area contributed by atoms with Crippen LogP contribution < -0.4 is 11.0 Å². The minimum atomic E-state index is -0.716.